The summed E-state index contributed by atoms with van der Waals surface area (Å²) in [5.74, 6) is 0. The third kappa shape index (κ3) is 2.04. The second-order valence-corrected chi connectivity index (χ2v) is 4.26. The predicted octanol–water partition coefficient (Wildman–Crippen LogP) is -0.330. The molecule has 4 heteroatoms. The van der Waals surface area contributed by atoms with Crippen LogP contribution in [0.3, 0.4) is 0 Å². The van der Waals surface area contributed by atoms with Gasteiger partial charge in [0.25, 0.3) is 0 Å². The van der Waals surface area contributed by atoms with Crippen molar-refractivity contribution in [2.45, 2.75) is 0 Å². The van der Waals surface area contributed by atoms with Crippen LogP contribution in [0.5, 0.6) is 0 Å². The van der Waals surface area contributed by atoms with E-state index in [2.05, 4.69) is 0 Å². The molecule has 0 rings (SSSR count). The van der Waals surface area contributed by atoms with Crippen molar-refractivity contribution >= 4 is 20.2 Å². The van der Waals surface area contributed by atoms with Gasteiger partial charge in [-0.2, -0.15) is 0 Å². The molecule has 0 saturated carbocycles. The zero-order valence-corrected chi connectivity index (χ0v) is 5.84. The molecule has 0 aliphatic carbocycles. The third-order valence-electron chi connectivity index (χ3n) is 0.300. The molecule has 0 aromatic rings. The van der Waals surface area contributed by atoms with Gasteiger partial charge in [-0.25, -0.2) is 0 Å². The standard InChI is InChI=1S/3CN.Sb/c3*1-2;. The molecule has 0 aliphatic heterocycles. The fourth-order valence-electron chi connectivity index (χ4n) is 0.0671. The summed E-state index contributed by atoms with van der Waals surface area (Å²) in [7, 11) is 0. The van der Waals surface area contributed by atoms with Crippen molar-refractivity contribution in [1.82, 2.24) is 0 Å². The molecule has 0 saturated heterocycles. The molecule has 7 heavy (non-hydrogen) atoms. The van der Waals surface area contributed by atoms with Crippen LogP contribution in [0, 0.1) is 27.8 Å². The zero-order valence-electron chi connectivity index (χ0n) is 3.29. The number of rotatable bonds is 0. The molecule has 0 heterocycles. The summed E-state index contributed by atoms with van der Waals surface area (Å²) in [6.45, 7) is 0. The molecule has 0 atom stereocenters. The van der Waals surface area contributed by atoms with Crippen LogP contribution in [0.25, 0.3) is 0 Å². The van der Waals surface area contributed by atoms with Crippen LogP contribution in [0.2, 0.25) is 0 Å². The molecule has 0 spiro atoms. The number of nitrogens with zero attached hydrogens (tertiary/aromatic N) is 3. The minimum atomic E-state index is -2.63. The monoisotopic (exact) mass is 199 g/mol. The molecule has 0 amide bonds. The molecule has 0 radical (unpaired) electrons. The zero-order chi connectivity index (χ0) is 5.70. The quantitative estimate of drug-likeness (QED) is 0.502. The first kappa shape index (κ1) is 6.29. The van der Waals surface area contributed by atoms with Crippen LogP contribution in [0.4, 0.5) is 0 Å². The normalized spacial score (nSPS) is 6.00. The van der Waals surface area contributed by atoms with Crippen molar-refractivity contribution in [1.29, 1.82) is 15.8 Å². The van der Waals surface area contributed by atoms with Gasteiger partial charge in [0.05, 0.1) is 0 Å². The van der Waals surface area contributed by atoms with Crippen molar-refractivity contribution in [3.63, 3.8) is 0 Å². The van der Waals surface area contributed by atoms with Gasteiger partial charge >= 0.3 is 48.0 Å². The minimum absolute atomic E-state index is 1.66. The first-order valence-corrected chi connectivity index (χ1v) is 5.17. The average molecular weight is 200 g/mol. The van der Waals surface area contributed by atoms with E-state index in [0.29, 0.717) is 0 Å². The molecule has 0 unspecified atom stereocenters. The number of hydrogen-bond donors (Lipinski definition) is 0. The van der Waals surface area contributed by atoms with E-state index in [0.717, 1.165) is 0 Å². The summed E-state index contributed by atoms with van der Waals surface area (Å²) in [4.78, 5) is 0. The summed E-state index contributed by atoms with van der Waals surface area (Å²) in [6, 6.07) is 0. The van der Waals surface area contributed by atoms with Crippen LogP contribution in [-0.2, 0) is 0 Å². The molecule has 32 valence electrons. The van der Waals surface area contributed by atoms with E-state index < -0.39 is 20.2 Å². The molecule has 0 bridgehead atoms. The first-order chi connectivity index (χ1) is 3.35. The van der Waals surface area contributed by atoms with Crippen molar-refractivity contribution in [2.75, 3.05) is 0 Å². The first-order valence-electron chi connectivity index (χ1n) is 1.34. The van der Waals surface area contributed by atoms with Gasteiger partial charge in [-0.3, -0.25) is 0 Å². The summed E-state index contributed by atoms with van der Waals surface area (Å²) < 4.78 is 4.99. The van der Waals surface area contributed by atoms with Crippen LogP contribution < -0.4 is 0 Å². The fraction of sp³-hybridized carbons (Fsp3) is 0. The Morgan fingerprint density at radius 3 is 1.14 bits per heavy atom. The van der Waals surface area contributed by atoms with Gasteiger partial charge in [0, 0.05) is 0 Å². The molecular weight excluding hydrogens is 200 g/mol. The van der Waals surface area contributed by atoms with Crippen LogP contribution >= 0.6 is 0 Å². The molecular formula is C3N3Sb. The fourth-order valence-corrected chi connectivity index (χ4v) is 0.450. The SMILES string of the molecule is N#[C][Sb]([C]#N)[C]#N. The maximum atomic E-state index is 7.91. The molecule has 0 fully saturated rings. The van der Waals surface area contributed by atoms with Crippen LogP contribution in [0.1, 0.15) is 0 Å². The van der Waals surface area contributed by atoms with E-state index in [1.54, 1.807) is 12.0 Å². The van der Waals surface area contributed by atoms with E-state index in [1.807, 2.05) is 0 Å². The van der Waals surface area contributed by atoms with Crippen molar-refractivity contribution in [3.05, 3.63) is 0 Å². The summed E-state index contributed by atoms with van der Waals surface area (Å²) in [6.07, 6.45) is 0. The Morgan fingerprint density at radius 2 is 1.14 bits per heavy atom. The predicted molar refractivity (Wildman–Crippen MR) is 22.6 cm³/mol. The van der Waals surface area contributed by atoms with E-state index in [1.165, 1.54) is 0 Å². The van der Waals surface area contributed by atoms with E-state index in [9.17, 15) is 0 Å². The molecule has 0 aromatic carbocycles. The van der Waals surface area contributed by atoms with Gasteiger partial charge < -0.3 is 0 Å². The van der Waals surface area contributed by atoms with Gasteiger partial charge in [0.1, 0.15) is 0 Å². The van der Waals surface area contributed by atoms with Gasteiger partial charge in [-0.1, -0.05) is 0 Å². The maximum absolute atomic E-state index is 7.91. The Bertz CT molecular complexity index is 133. The van der Waals surface area contributed by atoms with E-state index in [-0.39, 0.29) is 0 Å². The van der Waals surface area contributed by atoms with Gasteiger partial charge in [-0.15, -0.1) is 0 Å². The summed E-state index contributed by atoms with van der Waals surface area (Å²) >= 11 is -2.63. The van der Waals surface area contributed by atoms with Crippen molar-refractivity contribution < 1.29 is 0 Å². The second-order valence-electron chi connectivity index (χ2n) is 0.635. The Hall–Kier alpha value is -0.712. The topological polar surface area (TPSA) is 71.4 Å². The Kier molecular flexibility index (Phi) is 3.12. The van der Waals surface area contributed by atoms with E-state index >= 15 is 0 Å². The average Bonchev–Trinajstić information content (AvgIpc) is 1.72. The Morgan fingerprint density at radius 1 is 0.857 bits per heavy atom. The summed E-state index contributed by atoms with van der Waals surface area (Å²) in [5, 5.41) is 23.7. The van der Waals surface area contributed by atoms with E-state index in [4.69, 9.17) is 15.8 Å². The van der Waals surface area contributed by atoms with Gasteiger partial charge in [-0.05, 0) is 0 Å². The second kappa shape index (κ2) is 3.48. The Labute approximate surface area is 48.3 Å². The van der Waals surface area contributed by atoms with Crippen LogP contribution in [-0.4, -0.2) is 20.2 Å². The van der Waals surface area contributed by atoms with Gasteiger partial charge in [0.15, 0.2) is 0 Å². The third-order valence-corrected chi connectivity index (χ3v) is 2.01. The number of hydrogen-bond acceptors (Lipinski definition) is 3. The Balaban J connectivity index is 3.82. The molecule has 0 N–H and O–H groups in total. The molecule has 0 aliphatic rings. The molecule has 3 nitrogen and oxygen atoms in total. The van der Waals surface area contributed by atoms with Crippen LogP contribution in [0.15, 0.2) is 0 Å². The van der Waals surface area contributed by atoms with Gasteiger partial charge in [0.2, 0.25) is 0 Å². The number of nitriles is 3. The van der Waals surface area contributed by atoms with Crippen molar-refractivity contribution in [3.8, 4) is 12.0 Å². The molecule has 0 aromatic heterocycles. The van der Waals surface area contributed by atoms with Crippen molar-refractivity contribution in [2.24, 2.45) is 0 Å². The summed E-state index contributed by atoms with van der Waals surface area (Å²) in [5.41, 5.74) is 0.